The molecule has 0 amide bonds. The third-order valence-electron chi connectivity index (χ3n) is 4.86. The van der Waals surface area contributed by atoms with Crippen LogP contribution in [0.1, 0.15) is 25.0 Å². The third-order valence-corrected chi connectivity index (χ3v) is 6.25. The normalized spacial score (nSPS) is 15.2. The monoisotopic (exact) mass is 403 g/mol. The summed E-state index contributed by atoms with van der Waals surface area (Å²) in [6.45, 7) is 1.88. The van der Waals surface area contributed by atoms with E-state index < -0.39 is 15.8 Å². The molecule has 4 rings (SSSR count). The number of hydrogen-bond acceptors (Lipinski definition) is 7. The summed E-state index contributed by atoms with van der Waals surface area (Å²) in [6, 6.07) is 6.00. The van der Waals surface area contributed by atoms with Crippen molar-refractivity contribution >= 4 is 27.1 Å². The second kappa shape index (κ2) is 7.36. The smallest absolute Gasteiger partial charge is 0.408 e. The molecule has 1 aliphatic heterocycles. The molecule has 1 aromatic carbocycles. The van der Waals surface area contributed by atoms with Gasteiger partial charge in [0.25, 0.3) is 0 Å². The van der Waals surface area contributed by atoms with Crippen LogP contribution in [0.15, 0.2) is 44.6 Å². The number of benzene rings is 1. The van der Waals surface area contributed by atoms with Crippen LogP contribution in [0, 0.1) is 0 Å². The van der Waals surface area contributed by atoms with Crippen molar-refractivity contribution in [3.05, 3.63) is 46.7 Å². The summed E-state index contributed by atoms with van der Waals surface area (Å²) in [6.07, 6.45) is 5.08. The highest BCUT2D eigenvalue weighted by Crippen LogP contribution is 2.19. The maximum absolute atomic E-state index is 12.7. The summed E-state index contributed by atoms with van der Waals surface area (Å²) >= 11 is 0. The third kappa shape index (κ3) is 3.65. The Morgan fingerprint density at radius 3 is 2.75 bits per heavy atom. The largest absolute Gasteiger partial charge is 0.419 e. The van der Waals surface area contributed by atoms with Gasteiger partial charge < -0.3 is 9.32 Å². The first-order chi connectivity index (χ1) is 13.4. The van der Waals surface area contributed by atoms with Crippen molar-refractivity contribution in [3.63, 3.8) is 0 Å². The van der Waals surface area contributed by atoms with Crippen molar-refractivity contribution in [2.45, 2.75) is 30.7 Å². The van der Waals surface area contributed by atoms with Crippen LogP contribution in [0.4, 0.5) is 5.95 Å². The van der Waals surface area contributed by atoms with E-state index in [2.05, 4.69) is 19.6 Å². The molecule has 3 heterocycles. The zero-order chi connectivity index (χ0) is 19.7. The van der Waals surface area contributed by atoms with E-state index in [-0.39, 0.29) is 11.4 Å². The van der Waals surface area contributed by atoms with E-state index in [4.69, 9.17) is 4.42 Å². The van der Waals surface area contributed by atoms with Crippen LogP contribution >= 0.6 is 0 Å². The number of nitrogens with one attached hydrogen (secondary N) is 1. The number of piperidine rings is 1. The molecule has 2 aromatic heterocycles. The van der Waals surface area contributed by atoms with Crippen molar-refractivity contribution in [1.29, 1.82) is 0 Å². The molecule has 0 spiro atoms. The molecule has 1 N–H and O–H groups in total. The Morgan fingerprint density at radius 1 is 1.18 bits per heavy atom. The average Bonchev–Trinajstić information content (AvgIpc) is 3.01. The summed E-state index contributed by atoms with van der Waals surface area (Å²) in [7, 11) is -2.25. The molecule has 28 heavy (non-hydrogen) atoms. The molecule has 0 radical (unpaired) electrons. The SMILES string of the molecule is Cn1c(=O)oc2ccc(S(=O)(=O)NCc3ccnc(N4CCCCC4)n3)cc21. The summed E-state index contributed by atoms with van der Waals surface area (Å²) in [5.41, 5.74) is 1.35. The first-order valence-corrected chi connectivity index (χ1v) is 10.6. The molecular weight excluding hydrogens is 382 g/mol. The predicted octanol–water partition coefficient (Wildman–Crippen LogP) is 1.39. The Kier molecular flexibility index (Phi) is 4.90. The fourth-order valence-corrected chi connectivity index (χ4v) is 4.27. The molecule has 9 nitrogen and oxygen atoms in total. The second-order valence-electron chi connectivity index (χ2n) is 6.78. The van der Waals surface area contributed by atoms with Crippen molar-refractivity contribution in [2.75, 3.05) is 18.0 Å². The highest BCUT2D eigenvalue weighted by atomic mass is 32.2. The maximum atomic E-state index is 12.7. The van der Waals surface area contributed by atoms with E-state index in [0.717, 1.165) is 25.9 Å². The minimum atomic E-state index is -3.78. The van der Waals surface area contributed by atoms with Gasteiger partial charge in [-0.3, -0.25) is 4.57 Å². The number of nitrogens with zero attached hydrogens (tertiary/aromatic N) is 4. The minimum Gasteiger partial charge on any atom is -0.408 e. The van der Waals surface area contributed by atoms with Gasteiger partial charge in [-0.25, -0.2) is 27.9 Å². The van der Waals surface area contributed by atoms with Gasteiger partial charge in [0.1, 0.15) is 0 Å². The number of hydrogen-bond donors (Lipinski definition) is 1. The molecule has 0 bridgehead atoms. The summed E-state index contributed by atoms with van der Waals surface area (Å²) in [5, 5.41) is 0. The van der Waals surface area contributed by atoms with Crippen LogP contribution < -0.4 is 15.4 Å². The lowest BCUT2D eigenvalue weighted by Gasteiger charge is -2.26. The van der Waals surface area contributed by atoms with Crippen molar-refractivity contribution < 1.29 is 12.8 Å². The van der Waals surface area contributed by atoms with Crippen LogP contribution in [-0.4, -0.2) is 36.0 Å². The summed E-state index contributed by atoms with van der Waals surface area (Å²) in [4.78, 5) is 22.6. The molecule has 1 aliphatic rings. The average molecular weight is 403 g/mol. The van der Waals surface area contributed by atoms with Gasteiger partial charge in [0.05, 0.1) is 22.7 Å². The highest BCUT2D eigenvalue weighted by Gasteiger charge is 2.18. The van der Waals surface area contributed by atoms with Gasteiger partial charge in [-0.2, -0.15) is 0 Å². The van der Waals surface area contributed by atoms with E-state index in [0.29, 0.717) is 22.7 Å². The number of aryl methyl sites for hydroxylation is 1. The van der Waals surface area contributed by atoms with Gasteiger partial charge in [-0.15, -0.1) is 0 Å². The molecule has 1 fully saturated rings. The molecule has 3 aromatic rings. The molecule has 148 valence electrons. The molecule has 10 heteroatoms. The Balaban J connectivity index is 1.52. The Labute approximate surface area is 162 Å². The van der Waals surface area contributed by atoms with Gasteiger partial charge in [-0.05, 0) is 43.5 Å². The Bertz CT molecular complexity index is 1160. The first-order valence-electron chi connectivity index (χ1n) is 9.10. The topological polar surface area (TPSA) is 110 Å². The van der Waals surface area contributed by atoms with Crippen LogP contribution in [0.5, 0.6) is 0 Å². The molecule has 1 saturated heterocycles. The van der Waals surface area contributed by atoms with Gasteiger partial charge in [0, 0.05) is 26.3 Å². The van der Waals surface area contributed by atoms with E-state index in [1.54, 1.807) is 12.3 Å². The predicted molar refractivity (Wildman–Crippen MR) is 104 cm³/mol. The quantitative estimate of drug-likeness (QED) is 0.685. The van der Waals surface area contributed by atoms with Crippen LogP contribution in [-0.2, 0) is 23.6 Å². The Hall–Kier alpha value is -2.72. The fraction of sp³-hybridized carbons (Fsp3) is 0.389. The number of sulfonamides is 1. The minimum absolute atomic E-state index is 0.0497. The van der Waals surface area contributed by atoms with E-state index in [1.807, 2.05) is 0 Å². The molecule has 0 unspecified atom stereocenters. The standard InChI is InChI=1S/C18H21N5O4S/c1-22-15-11-14(5-6-16(15)27-18(22)24)28(25,26)20-12-13-7-8-19-17(21-13)23-9-3-2-4-10-23/h5-8,11,20H,2-4,9-10,12H2,1H3. The van der Waals surface area contributed by atoms with Crippen molar-refractivity contribution in [1.82, 2.24) is 19.3 Å². The lowest BCUT2D eigenvalue weighted by molar-refractivity contribution is 0.528. The molecule has 0 atom stereocenters. The molecule has 0 saturated carbocycles. The number of fused-ring (bicyclic) bond motifs is 1. The van der Waals surface area contributed by atoms with Gasteiger partial charge >= 0.3 is 5.76 Å². The lowest BCUT2D eigenvalue weighted by atomic mass is 10.1. The van der Waals surface area contributed by atoms with E-state index in [1.165, 1.54) is 36.2 Å². The first kappa shape index (κ1) is 18.6. The van der Waals surface area contributed by atoms with Crippen LogP contribution in [0.25, 0.3) is 11.1 Å². The Morgan fingerprint density at radius 2 is 1.96 bits per heavy atom. The van der Waals surface area contributed by atoms with E-state index in [9.17, 15) is 13.2 Å². The summed E-state index contributed by atoms with van der Waals surface area (Å²) in [5.74, 6) is 0.0925. The highest BCUT2D eigenvalue weighted by molar-refractivity contribution is 7.89. The lowest BCUT2D eigenvalue weighted by Crippen LogP contribution is -2.31. The van der Waals surface area contributed by atoms with Gasteiger partial charge in [0.15, 0.2) is 5.58 Å². The van der Waals surface area contributed by atoms with Crippen molar-refractivity contribution in [3.8, 4) is 0 Å². The number of rotatable bonds is 5. The fourth-order valence-electron chi connectivity index (χ4n) is 3.26. The number of anilines is 1. The molecular formula is C18H21N5O4S. The maximum Gasteiger partial charge on any atom is 0.419 e. The second-order valence-corrected chi connectivity index (χ2v) is 8.54. The summed E-state index contributed by atoms with van der Waals surface area (Å²) < 4.78 is 34.2. The van der Waals surface area contributed by atoms with Crippen molar-refractivity contribution in [2.24, 2.45) is 7.05 Å². The van der Waals surface area contributed by atoms with Gasteiger partial charge in [0.2, 0.25) is 16.0 Å². The number of aromatic nitrogens is 3. The zero-order valence-corrected chi connectivity index (χ0v) is 16.3. The van der Waals surface area contributed by atoms with Crippen LogP contribution in [0.3, 0.4) is 0 Å². The number of oxazole rings is 1. The molecule has 0 aliphatic carbocycles. The van der Waals surface area contributed by atoms with Crippen LogP contribution in [0.2, 0.25) is 0 Å². The zero-order valence-electron chi connectivity index (χ0n) is 15.5. The van der Waals surface area contributed by atoms with E-state index >= 15 is 0 Å². The van der Waals surface area contributed by atoms with Gasteiger partial charge in [-0.1, -0.05) is 0 Å².